The van der Waals surface area contributed by atoms with Crippen LogP contribution in [-0.4, -0.2) is 74.2 Å². The van der Waals surface area contributed by atoms with Crippen LogP contribution < -0.4 is 10.1 Å². The first kappa shape index (κ1) is 18.3. The molecule has 1 aromatic carbocycles. The first-order valence-electron chi connectivity index (χ1n) is 8.92. The number of carbonyl (C=O) groups is 1. The fourth-order valence-electron chi connectivity index (χ4n) is 3.24. The van der Waals surface area contributed by atoms with Gasteiger partial charge in [0, 0.05) is 58.9 Å². The Labute approximate surface area is 155 Å². The molecule has 0 spiro atoms. The number of hydrogen-bond donors (Lipinski definition) is 1. The smallest absolute Gasteiger partial charge is 0.408 e. The van der Waals surface area contributed by atoms with Crippen molar-refractivity contribution in [1.29, 1.82) is 0 Å². The van der Waals surface area contributed by atoms with Crippen LogP contribution in [0.5, 0.6) is 5.75 Å². The highest BCUT2D eigenvalue weighted by Crippen LogP contribution is 2.35. The predicted molar refractivity (Wildman–Crippen MR) is 104 cm³/mol. The third-order valence-corrected chi connectivity index (χ3v) is 4.71. The Morgan fingerprint density at radius 3 is 2.69 bits per heavy atom. The van der Waals surface area contributed by atoms with Crippen molar-refractivity contribution in [1.82, 2.24) is 14.7 Å². The maximum atomic E-state index is 11.9. The van der Waals surface area contributed by atoms with Crippen LogP contribution in [0.15, 0.2) is 18.2 Å². The molecule has 0 aromatic heterocycles. The van der Waals surface area contributed by atoms with Crippen molar-refractivity contribution in [3.8, 4) is 18.1 Å². The lowest BCUT2D eigenvalue weighted by atomic mass is 10.0. The van der Waals surface area contributed by atoms with E-state index in [-0.39, 0.29) is 6.09 Å². The molecule has 1 amide bonds. The van der Waals surface area contributed by atoms with Gasteiger partial charge in [0.1, 0.15) is 0 Å². The Hall–Kier alpha value is -2.49. The van der Waals surface area contributed by atoms with Gasteiger partial charge in [0.2, 0.25) is 0 Å². The SMILES string of the molecule is C#CCN1CCN(Cc2ccc(OC(=O)N(C)C)c3c2C=CCN3)CC1. The average Bonchev–Trinajstić information content (AvgIpc) is 2.65. The lowest BCUT2D eigenvalue weighted by Gasteiger charge is -2.34. The minimum Gasteiger partial charge on any atom is -0.408 e. The quantitative estimate of drug-likeness (QED) is 0.838. The van der Waals surface area contributed by atoms with Gasteiger partial charge in [0.25, 0.3) is 0 Å². The molecular weight excluding hydrogens is 328 g/mol. The summed E-state index contributed by atoms with van der Waals surface area (Å²) < 4.78 is 5.51. The number of fused-ring (bicyclic) bond motifs is 1. The van der Waals surface area contributed by atoms with E-state index >= 15 is 0 Å². The number of terminal acetylenes is 1. The van der Waals surface area contributed by atoms with Gasteiger partial charge in [0.15, 0.2) is 5.75 Å². The number of benzene rings is 1. The van der Waals surface area contributed by atoms with Gasteiger partial charge in [0.05, 0.1) is 12.2 Å². The molecule has 2 heterocycles. The number of rotatable bonds is 4. The van der Waals surface area contributed by atoms with Crippen LogP contribution in [0.1, 0.15) is 11.1 Å². The largest absolute Gasteiger partial charge is 0.414 e. The van der Waals surface area contributed by atoms with E-state index in [0.717, 1.165) is 57.1 Å². The third kappa shape index (κ3) is 4.18. The summed E-state index contributed by atoms with van der Waals surface area (Å²) in [7, 11) is 3.35. The van der Waals surface area contributed by atoms with Gasteiger partial charge in [-0.15, -0.1) is 6.42 Å². The lowest BCUT2D eigenvalue weighted by molar-refractivity contribution is 0.138. The standard InChI is InChI=1S/C20H26N4O2/c1-4-10-23-11-13-24(14-12-23)15-16-7-8-18(26-20(25)22(2)3)19-17(16)6-5-9-21-19/h1,5-8,21H,9-15H2,2-3H3. The van der Waals surface area contributed by atoms with Crippen molar-refractivity contribution in [3.05, 3.63) is 29.3 Å². The molecule has 0 saturated carbocycles. The summed E-state index contributed by atoms with van der Waals surface area (Å²) in [4.78, 5) is 18.1. The van der Waals surface area contributed by atoms with E-state index in [9.17, 15) is 4.79 Å². The topological polar surface area (TPSA) is 48.1 Å². The fourth-order valence-corrected chi connectivity index (χ4v) is 3.24. The molecule has 2 aliphatic rings. The molecule has 26 heavy (non-hydrogen) atoms. The number of anilines is 1. The van der Waals surface area contributed by atoms with E-state index in [0.29, 0.717) is 5.75 Å². The van der Waals surface area contributed by atoms with Gasteiger partial charge in [-0.25, -0.2) is 4.79 Å². The van der Waals surface area contributed by atoms with Crippen LogP contribution in [0.2, 0.25) is 0 Å². The Bertz CT molecular complexity index is 728. The number of hydrogen-bond acceptors (Lipinski definition) is 5. The zero-order valence-corrected chi connectivity index (χ0v) is 15.5. The molecule has 0 atom stereocenters. The molecule has 138 valence electrons. The summed E-state index contributed by atoms with van der Waals surface area (Å²) in [5.74, 6) is 3.29. The summed E-state index contributed by atoms with van der Waals surface area (Å²) in [6, 6.07) is 3.94. The first-order valence-corrected chi connectivity index (χ1v) is 8.92. The van der Waals surface area contributed by atoms with Crippen LogP contribution in [-0.2, 0) is 6.54 Å². The first-order chi connectivity index (χ1) is 12.6. The normalized spacial score (nSPS) is 17.1. The molecule has 0 radical (unpaired) electrons. The second-order valence-electron chi connectivity index (χ2n) is 6.81. The molecule has 6 nitrogen and oxygen atoms in total. The van der Waals surface area contributed by atoms with Gasteiger partial charge in [-0.2, -0.15) is 0 Å². The van der Waals surface area contributed by atoms with Crippen LogP contribution in [0.25, 0.3) is 6.08 Å². The molecule has 0 bridgehead atoms. The van der Waals surface area contributed by atoms with E-state index < -0.39 is 0 Å². The molecule has 1 fully saturated rings. The van der Waals surface area contributed by atoms with Crippen molar-refractivity contribution in [2.24, 2.45) is 0 Å². The summed E-state index contributed by atoms with van der Waals surface area (Å²) >= 11 is 0. The van der Waals surface area contributed by atoms with Crippen molar-refractivity contribution in [2.45, 2.75) is 6.54 Å². The Morgan fingerprint density at radius 2 is 2.00 bits per heavy atom. The summed E-state index contributed by atoms with van der Waals surface area (Å²) in [6.45, 7) is 6.34. The van der Waals surface area contributed by atoms with Gasteiger partial charge in [-0.3, -0.25) is 9.80 Å². The van der Waals surface area contributed by atoms with Crippen LogP contribution >= 0.6 is 0 Å². The van der Waals surface area contributed by atoms with Crippen LogP contribution in [0, 0.1) is 12.3 Å². The monoisotopic (exact) mass is 354 g/mol. The highest BCUT2D eigenvalue weighted by atomic mass is 16.6. The number of nitrogens with one attached hydrogen (secondary N) is 1. The zero-order valence-electron chi connectivity index (χ0n) is 15.5. The second-order valence-corrected chi connectivity index (χ2v) is 6.81. The zero-order chi connectivity index (χ0) is 18.5. The van der Waals surface area contributed by atoms with E-state index in [1.807, 2.05) is 6.07 Å². The lowest BCUT2D eigenvalue weighted by Crippen LogP contribution is -2.45. The number of amides is 1. The van der Waals surface area contributed by atoms with E-state index in [4.69, 9.17) is 11.2 Å². The minimum atomic E-state index is -0.374. The molecule has 2 aliphatic heterocycles. The van der Waals surface area contributed by atoms with Gasteiger partial charge < -0.3 is 15.0 Å². The summed E-state index contributed by atoms with van der Waals surface area (Å²) in [6.07, 6.45) is 9.23. The molecule has 0 unspecified atom stereocenters. The second kappa shape index (κ2) is 8.26. The third-order valence-electron chi connectivity index (χ3n) is 4.71. The van der Waals surface area contributed by atoms with Crippen molar-refractivity contribution in [3.63, 3.8) is 0 Å². The predicted octanol–water partition coefficient (Wildman–Crippen LogP) is 1.94. The number of carbonyl (C=O) groups excluding carboxylic acids is 1. The molecule has 0 aliphatic carbocycles. The molecular formula is C20H26N4O2. The Balaban J connectivity index is 1.74. The van der Waals surface area contributed by atoms with Crippen LogP contribution in [0.4, 0.5) is 10.5 Å². The fraction of sp³-hybridized carbons (Fsp3) is 0.450. The number of piperazine rings is 1. The maximum Gasteiger partial charge on any atom is 0.414 e. The average molecular weight is 354 g/mol. The maximum absolute atomic E-state index is 11.9. The van der Waals surface area contributed by atoms with E-state index in [1.54, 1.807) is 14.1 Å². The van der Waals surface area contributed by atoms with E-state index in [1.165, 1.54) is 10.5 Å². The Morgan fingerprint density at radius 1 is 1.27 bits per heavy atom. The van der Waals surface area contributed by atoms with Gasteiger partial charge in [-0.05, 0) is 11.6 Å². The molecule has 1 saturated heterocycles. The summed E-state index contributed by atoms with van der Waals surface area (Å²) in [5, 5.41) is 3.35. The molecule has 3 rings (SSSR count). The highest BCUT2D eigenvalue weighted by molar-refractivity contribution is 5.81. The number of nitrogens with zero attached hydrogens (tertiary/aromatic N) is 3. The number of ether oxygens (including phenoxy) is 1. The highest BCUT2D eigenvalue weighted by Gasteiger charge is 2.21. The molecule has 1 aromatic rings. The van der Waals surface area contributed by atoms with E-state index in [2.05, 4.69) is 39.3 Å². The van der Waals surface area contributed by atoms with Crippen molar-refractivity contribution < 1.29 is 9.53 Å². The van der Waals surface area contributed by atoms with Gasteiger partial charge in [-0.1, -0.05) is 24.1 Å². The molecule has 6 heteroatoms. The van der Waals surface area contributed by atoms with Crippen molar-refractivity contribution in [2.75, 3.05) is 58.7 Å². The molecule has 1 N–H and O–H groups in total. The van der Waals surface area contributed by atoms with Crippen molar-refractivity contribution >= 4 is 17.9 Å². The minimum absolute atomic E-state index is 0.374. The summed E-state index contributed by atoms with van der Waals surface area (Å²) in [5.41, 5.74) is 3.23. The Kier molecular flexibility index (Phi) is 5.82. The van der Waals surface area contributed by atoms with Gasteiger partial charge >= 0.3 is 6.09 Å². The van der Waals surface area contributed by atoms with Crippen LogP contribution in [0.3, 0.4) is 0 Å².